The lowest BCUT2D eigenvalue weighted by atomic mass is 10.2. The van der Waals surface area contributed by atoms with Crippen LogP contribution in [0.4, 0.5) is 26.5 Å². The Hall–Kier alpha value is -3.10. The van der Waals surface area contributed by atoms with Gasteiger partial charge < -0.3 is 10.6 Å². The summed E-state index contributed by atoms with van der Waals surface area (Å²) >= 11 is 0. The van der Waals surface area contributed by atoms with Crippen molar-refractivity contribution in [3.63, 3.8) is 0 Å². The van der Waals surface area contributed by atoms with Crippen LogP contribution in [0.3, 0.4) is 0 Å². The zero-order chi connectivity index (χ0) is 17.2. The van der Waals surface area contributed by atoms with Crippen molar-refractivity contribution in [1.82, 2.24) is 25.1 Å². The lowest BCUT2D eigenvalue weighted by Gasteiger charge is -2.07. The van der Waals surface area contributed by atoms with Gasteiger partial charge in [0.05, 0.1) is 0 Å². The number of nitrogens with one attached hydrogen (secondary N) is 3. The SMILES string of the molecule is Fc1ccc(CNc2ncnc(Nc3cc(C4CC4)[nH]n3)n2)c(F)c1. The number of hydrogen-bond acceptors (Lipinski definition) is 6. The fourth-order valence-corrected chi connectivity index (χ4v) is 2.40. The third-order valence-electron chi connectivity index (χ3n) is 3.88. The van der Waals surface area contributed by atoms with Crippen LogP contribution in [0.15, 0.2) is 30.6 Å². The molecule has 9 heteroatoms. The van der Waals surface area contributed by atoms with Gasteiger partial charge in [0.1, 0.15) is 18.0 Å². The normalized spacial score (nSPS) is 13.7. The van der Waals surface area contributed by atoms with E-state index in [9.17, 15) is 8.78 Å². The molecule has 3 aromatic rings. The van der Waals surface area contributed by atoms with Crippen molar-refractivity contribution in [2.45, 2.75) is 25.3 Å². The Morgan fingerprint density at radius 3 is 2.76 bits per heavy atom. The Bertz CT molecular complexity index is 892. The van der Waals surface area contributed by atoms with Crippen molar-refractivity contribution in [1.29, 1.82) is 0 Å². The van der Waals surface area contributed by atoms with Crippen LogP contribution >= 0.6 is 0 Å². The van der Waals surface area contributed by atoms with Crippen molar-refractivity contribution >= 4 is 17.7 Å². The third-order valence-corrected chi connectivity index (χ3v) is 3.88. The molecule has 0 atom stereocenters. The standard InChI is InChI=1S/C16H15F2N7/c17-11-4-3-10(12(18)5-11)7-19-15-20-8-21-16(23-15)22-14-6-13(24-25-14)9-1-2-9/h3-6,8-9H,1-2,7H2,(H3,19,20,21,22,23,24,25). The van der Waals surface area contributed by atoms with E-state index in [2.05, 4.69) is 35.8 Å². The van der Waals surface area contributed by atoms with E-state index in [0.29, 0.717) is 23.2 Å². The molecule has 0 amide bonds. The first-order valence-corrected chi connectivity index (χ1v) is 7.86. The molecule has 128 valence electrons. The maximum absolute atomic E-state index is 13.6. The van der Waals surface area contributed by atoms with E-state index < -0.39 is 11.6 Å². The van der Waals surface area contributed by atoms with E-state index in [1.54, 1.807) is 0 Å². The second-order valence-electron chi connectivity index (χ2n) is 5.83. The first-order valence-electron chi connectivity index (χ1n) is 7.86. The van der Waals surface area contributed by atoms with Gasteiger partial charge in [0.2, 0.25) is 11.9 Å². The first-order chi connectivity index (χ1) is 12.2. The predicted molar refractivity (Wildman–Crippen MR) is 87.4 cm³/mol. The number of benzene rings is 1. The number of H-pyrrole nitrogens is 1. The van der Waals surface area contributed by atoms with Crippen LogP contribution in [0.25, 0.3) is 0 Å². The molecule has 7 nitrogen and oxygen atoms in total. The number of nitrogens with zero attached hydrogens (tertiary/aromatic N) is 4. The maximum Gasteiger partial charge on any atom is 0.233 e. The minimum Gasteiger partial charge on any atom is -0.350 e. The molecule has 0 unspecified atom stereocenters. The van der Waals surface area contributed by atoms with E-state index in [4.69, 9.17) is 0 Å². The average Bonchev–Trinajstić information content (AvgIpc) is 3.35. The molecule has 0 spiro atoms. The lowest BCUT2D eigenvalue weighted by molar-refractivity contribution is 0.574. The van der Waals surface area contributed by atoms with Crippen LogP contribution in [-0.2, 0) is 6.54 Å². The zero-order valence-electron chi connectivity index (χ0n) is 13.1. The minimum atomic E-state index is -0.621. The summed E-state index contributed by atoms with van der Waals surface area (Å²) in [5.74, 6) is 0.569. The maximum atomic E-state index is 13.6. The van der Waals surface area contributed by atoms with E-state index in [-0.39, 0.29) is 12.5 Å². The molecule has 2 heterocycles. The van der Waals surface area contributed by atoms with Gasteiger partial charge in [-0.25, -0.2) is 18.7 Å². The van der Waals surface area contributed by atoms with E-state index in [1.807, 2.05) is 6.07 Å². The van der Waals surface area contributed by atoms with Gasteiger partial charge in [-0.3, -0.25) is 5.10 Å². The van der Waals surface area contributed by atoms with E-state index in [0.717, 1.165) is 11.8 Å². The van der Waals surface area contributed by atoms with Gasteiger partial charge in [-0.2, -0.15) is 10.1 Å². The molecule has 25 heavy (non-hydrogen) atoms. The summed E-state index contributed by atoms with van der Waals surface area (Å²) in [6.45, 7) is 0.129. The van der Waals surface area contributed by atoms with Crippen molar-refractivity contribution in [3.8, 4) is 0 Å². The van der Waals surface area contributed by atoms with Crippen LogP contribution in [0.5, 0.6) is 0 Å². The molecule has 4 rings (SSSR count). The van der Waals surface area contributed by atoms with Crippen molar-refractivity contribution < 1.29 is 8.78 Å². The Balaban J connectivity index is 1.41. The number of aromatic nitrogens is 5. The highest BCUT2D eigenvalue weighted by Gasteiger charge is 2.25. The topological polar surface area (TPSA) is 91.4 Å². The second-order valence-corrected chi connectivity index (χ2v) is 5.83. The Kier molecular flexibility index (Phi) is 3.96. The number of rotatable bonds is 6. The molecular formula is C16H15F2N7. The van der Waals surface area contributed by atoms with Gasteiger partial charge in [0.25, 0.3) is 0 Å². The van der Waals surface area contributed by atoms with Crippen LogP contribution in [-0.4, -0.2) is 25.1 Å². The lowest BCUT2D eigenvalue weighted by Crippen LogP contribution is -2.07. The number of halogens is 2. The molecule has 2 aromatic heterocycles. The molecule has 0 saturated heterocycles. The summed E-state index contributed by atoms with van der Waals surface area (Å²) < 4.78 is 26.6. The minimum absolute atomic E-state index is 0.129. The second kappa shape index (κ2) is 6.42. The number of aromatic amines is 1. The van der Waals surface area contributed by atoms with Gasteiger partial charge >= 0.3 is 0 Å². The number of anilines is 3. The molecule has 1 aliphatic rings. The van der Waals surface area contributed by atoms with Crippen LogP contribution in [0.2, 0.25) is 0 Å². The molecule has 3 N–H and O–H groups in total. The average molecular weight is 343 g/mol. The van der Waals surface area contributed by atoms with Crippen LogP contribution in [0, 0.1) is 11.6 Å². The fraction of sp³-hybridized carbons (Fsp3) is 0.250. The Labute approximate surface area is 141 Å². The summed E-state index contributed by atoms with van der Waals surface area (Å²) in [6.07, 6.45) is 3.70. The Morgan fingerprint density at radius 1 is 1.12 bits per heavy atom. The third kappa shape index (κ3) is 3.70. The summed E-state index contributed by atoms with van der Waals surface area (Å²) in [4.78, 5) is 12.2. The Morgan fingerprint density at radius 2 is 1.96 bits per heavy atom. The predicted octanol–water partition coefficient (Wildman–Crippen LogP) is 3.11. The molecule has 1 fully saturated rings. The van der Waals surface area contributed by atoms with Gasteiger partial charge in [-0.15, -0.1) is 0 Å². The quantitative estimate of drug-likeness (QED) is 0.637. The molecule has 0 radical (unpaired) electrons. The highest BCUT2D eigenvalue weighted by atomic mass is 19.1. The van der Waals surface area contributed by atoms with Crippen molar-refractivity contribution in [2.75, 3.05) is 10.6 Å². The van der Waals surface area contributed by atoms with Gasteiger partial charge in [0.15, 0.2) is 5.82 Å². The smallest absolute Gasteiger partial charge is 0.233 e. The van der Waals surface area contributed by atoms with Crippen LogP contribution < -0.4 is 10.6 Å². The monoisotopic (exact) mass is 343 g/mol. The summed E-state index contributed by atoms with van der Waals surface area (Å²) in [7, 11) is 0. The van der Waals surface area contributed by atoms with Crippen molar-refractivity contribution in [3.05, 3.63) is 53.5 Å². The largest absolute Gasteiger partial charge is 0.350 e. The molecular weight excluding hydrogens is 328 g/mol. The summed E-state index contributed by atoms with van der Waals surface area (Å²) in [5, 5.41) is 13.0. The van der Waals surface area contributed by atoms with Gasteiger partial charge in [-0.1, -0.05) is 6.07 Å². The summed E-state index contributed by atoms with van der Waals surface area (Å²) in [5.41, 5.74) is 1.42. The van der Waals surface area contributed by atoms with E-state index >= 15 is 0 Å². The summed E-state index contributed by atoms with van der Waals surface area (Å²) in [6, 6.07) is 5.35. The number of hydrogen-bond donors (Lipinski definition) is 3. The highest BCUT2D eigenvalue weighted by Crippen LogP contribution is 2.39. The highest BCUT2D eigenvalue weighted by molar-refractivity contribution is 5.49. The van der Waals surface area contributed by atoms with Crippen LogP contribution in [0.1, 0.15) is 30.0 Å². The molecule has 1 saturated carbocycles. The van der Waals surface area contributed by atoms with Gasteiger partial charge in [-0.05, 0) is 18.9 Å². The van der Waals surface area contributed by atoms with Gasteiger partial charge in [0, 0.05) is 35.9 Å². The van der Waals surface area contributed by atoms with E-state index in [1.165, 1.54) is 31.3 Å². The fourth-order valence-electron chi connectivity index (χ4n) is 2.40. The molecule has 0 aliphatic heterocycles. The molecule has 0 bridgehead atoms. The molecule has 1 aliphatic carbocycles. The first kappa shape index (κ1) is 15.4. The van der Waals surface area contributed by atoms with Crippen molar-refractivity contribution in [2.24, 2.45) is 0 Å². The zero-order valence-corrected chi connectivity index (χ0v) is 13.1. The molecule has 1 aromatic carbocycles.